The molecule has 1 aromatic rings. The van der Waals surface area contributed by atoms with Gasteiger partial charge in [-0.3, -0.25) is 9.79 Å². The highest BCUT2D eigenvalue weighted by atomic mass is 32.2. The van der Waals surface area contributed by atoms with E-state index in [1.807, 2.05) is 11.8 Å². The van der Waals surface area contributed by atoms with Crippen molar-refractivity contribution in [1.29, 1.82) is 0 Å². The van der Waals surface area contributed by atoms with Crippen molar-refractivity contribution in [2.75, 3.05) is 79.2 Å². The Kier molecular flexibility index (Phi) is 14.0. The highest BCUT2D eigenvalue weighted by Gasteiger charge is 2.28. The fraction of sp³-hybridized carbons (Fsp3) is 0.600. The number of rotatable bonds is 13. The molecule has 39 heavy (non-hydrogen) atoms. The number of amidine groups is 1. The van der Waals surface area contributed by atoms with E-state index in [1.54, 1.807) is 46.5 Å². The SMILES string of the molecule is CC/C=N\NC(=NC)N=C(C(C)C(=O)Nc1ccc(S(=O)(=O)N2CCOCC2)cc1)N(CCOC)CCOC. The van der Waals surface area contributed by atoms with Gasteiger partial charge in [0.2, 0.25) is 21.9 Å². The van der Waals surface area contributed by atoms with E-state index in [0.717, 1.165) is 6.42 Å². The summed E-state index contributed by atoms with van der Waals surface area (Å²) < 4.78 is 43.0. The van der Waals surface area contributed by atoms with Crippen LogP contribution in [-0.2, 0) is 29.0 Å². The lowest BCUT2D eigenvalue weighted by molar-refractivity contribution is -0.117. The second-order valence-electron chi connectivity index (χ2n) is 8.57. The van der Waals surface area contributed by atoms with Gasteiger partial charge in [0.15, 0.2) is 0 Å². The van der Waals surface area contributed by atoms with Gasteiger partial charge in [0, 0.05) is 59.3 Å². The zero-order chi connectivity index (χ0) is 28.7. The predicted octanol–water partition coefficient (Wildman–Crippen LogP) is 1.25. The van der Waals surface area contributed by atoms with Crippen LogP contribution in [0.5, 0.6) is 0 Å². The smallest absolute Gasteiger partial charge is 0.243 e. The Morgan fingerprint density at radius 2 is 1.77 bits per heavy atom. The minimum Gasteiger partial charge on any atom is -0.383 e. The Morgan fingerprint density at radius 1 is 1.15 bits per heavy atom. The molecule has 2 N–H and O–H groups in total. The summed E-state index contributed by atoms with van der Waals surface area (Å²) in [6, 6.07) is 6.12. The molecule has 0 spiro atoms. The molecule has 1 saturated heterocycles. The second-order valence-corrected chi connectivity index (χ2v) is 10.5. The van der Waals surface area contributed by atoms with Crippen LogP contribution in [0.2, 0.25) is 0 Å². The molecule has 0 bridgehead atoms. The van der Waals surface area contributed by atoms with Crippen molar-refractivity contribution < 1.29 is 27.4 Å². The van der Waals surface area contributed by atoms with Crippen molar-refractivity contribution in [3.05, 3.63) is 24.3 Å². The summed E-state index contributed by atoms with van der Waals surface area (Å²) in [7, 11) is 1.15. The van der Waals surface area contributed by atoms with Gasteiger partial charge in [0.1, 0.15) is 5.84 Å². The summed E-state index contributed by atoms with van der Waals surface area (Å²) in [6.07, 6.45) is 2.42. The number of guanidine groups is 1. The Balaban J connectivity index is 2.27. The molecule has 0 saturated carbocycles. The highest BCUT2D eigenvalue weighted by molar-refractivity contribution is 7.89. The molecule has 1 unspecified atom stereocenters. The Morgan fingerprint density at radius 3 is 2.31 bits per heavy atom. The first-order valence-electron chi connectivity index (χ1n) is 12.8. The van der Waals surface area contributed by atoms with Crippen molar-refractivity contribution in [2.24, 2.45) is 21.0 Å². The number of nitrogens with zero attached hydrogens (tertiary/aromatic N) is 5. The molecule has 1 aromatic carbocycles. The van der Waals surface area contributed by atoms with Crippen molar-refractivity contribution in [3.8, 4) is 0 Å². The fourth-order valence-corrected chi connectivity index (χ4v) is 5.04. The average Bonchev–Trinajstić information content (AvgIpc) is 2.95. The van der Waals surface area contributed by atoms with Gasteiger partial charge >= 0.3 is 0 Å². The average molecular weight is 568 g/mol. The zero-order valence-corrected chi connectivity index (χ0v) is 24.2. The number of sulfonamides is 1. The lowest BCUT2D eigenvalue weighted by Crippen LogP contribution is -2.44. The van der Waals surface area contributed by atoms with E-state index < -0.39 is 15.9 Å². The number of hydrogen-bond donors (Lipinski definition) is 2. The van der Waals surface area contributed by atoms with Gasteiger partial charge in [-0.15, -0.1) is 0 Å². The summed E-state index contributed by atoms with van der Waals surface area (Å²) in [6.45, 7) is 6.82. The van der Waals surface area contributed by atoms with Gasteiger partial charge in [-0.05, 0) is 37.6 Å². The summed E-state index contributed by atoms with van der Waals surface area (Å²) in [4.78, 5) is 24.2. The van der Waals surface area contributed by atoms with Crippen LogP contribution in [0.4, 0.5) is 5.69 Å². The number of morpholine rings is 1. The van der Waals surface area contributed by atoms with Gasteiger partial charge < -0.3 is 24.4 Å². The number of anilines is 1. The van der Waals surface area contributed by atoms with Crippen molar-refractivity contribution in [2.45, 2.75) is 25.2 Å². The number of ether oxygens (including phenoxy) is 3. The molecule has 218 valence electrons. The first-order chi connectivity index (χ1) is 18.8. The van der Waals surface area contributed by atoms with Gasteiger partial charge in [-0.1, -0.05) is 6.92 Å². The molecule has 1 atom stereocenters. The monoisotopic (exact) mass is 567 g/mol. The van der Waals surface area contributed by atoms with E-state index in [4.69, 9.17) is 14.2 Å². The van der Waals surface area contributed by atoms with E-state index in [0.29, 0.717) is 64.1 Å². The molecule has 1 fully saturated rings. The summed E-state index contributed by atoms with van der Waals surface area (Å²) in [5, 5.41) is 6.95. The highest BCUT2D eigenvalue weighted by Crippen LogP contribution is 2.20. The molecule has 0 aromatic heterocycles. The van der Waals surface area contributed by atoms with Crippen molar-refractivity contribution >= 4 is 39.6 Å². The Labute approximate surface area is 231 Å². The molecular formula is C25H41N7O6S. The molecule has 2 rings (SSSR count). The van der Waals surface area contributed by atoms with Gasteiger partial charge in [-0.2, -0.15) is 14.4 Å². The largest absolute Gasteiger partial charge is 0.383 e. The minimum absolute atomic E-state index is 0.158. The molecule has 1 amide bonds. The van der Waals surface area contributed by atoms with Gasteiger partial charge in [0.05, 0.1) is 37.2 Å². The van der Waals surface area contributed by atoms with E-state index in [9.17, 15) is 13.2 Å². The number of carbonyl (C=O) groups is 1. The number of benzene rings is 1. The molecule has 13 nitrogen and oxygen atoms in total. The first-order valence-corrected chi connectivity index (χ1v) is 14.3. The van der Waals surface area contributed by atoms with Crippen LogP contribution in [0, 0.1) is 5.92 Å². The number of hydrazone groups is 1. The van der Waals surface area contributed by atoms with Crippen LogP contribution in [0.1, 0.15) is 20.3 Å². The summed E-state index contributed by atoms with van der Waals surface area (Å²) in [5.74, 6) is -0.339. The quantitative estimate of drug-likeness (QED) is 0.206. The lowest BCUT2D eigenvalue weighted by Gasteiger charge is -2.29. The molecule has 14 heteroatoms. The number of aliphatic imine (C=N–C) groups is 2. The van der Waals surface area contributed by atoms with E-state index in [-0.39, 0.29) is 16.8 Å². The molecule has 1 aliphatic rings. The number of carbonyl (C=O) groups excluding carboxylic acids is 1. The minimum atomic E-state index is -3.63. The molecule has 1 heterocycles. The number of hydrogen-bond acceptors (Lipinski definition) is 8. The van der Waals surface area contributed by atoms with E-state index >= 15 is 0 Å². The fourth-order valence-electron chi connectivity index (χ4n) is 3.63. The first kappa shape index (κ1) is 32.3. The molecule has 1 aliphatic heterocycles. The Bertz CT molecular complexity index is 1080. The summed E-state index contributed by atoms with van der Waals surface area (Å²) >= 11 is 0. The second kappa shape index (κ2) is 16.9. The van der Waals surface area contributed by atoms with Crippen LogP contribution in [-0.4, -0.2) is 115 Å². The van der Waals surface area contributed by atoms with Crippen LogP contribution in [0.15, 0.2) is 44.2 Å². The van der Waals surface area contributed by atoms with Crippen LogP contribution < -0.4 is 10.7 Å². The van der Waals surface area contributed by atoms with Crippen LogP contribution >= 0.6 is 0 Å². The zero-order valence-electron chi connectivity index (χ0n) is 23.4. The third-order valence-corrected chi connectivity index (χ3v) is 7.75. The van der Waals surface area contributed by atoms with E-state index in [1.165, 1.54) is 16.4 Å². The van der Waals surface area contributed by atoms with Crippen molar-refractivity contribution in [3.63, 3.8) is 0 Å². The molecule has 0 radical (unpaired) electrons. The molecule has 0 aliphatic carbocycles. The van der Waals surface area contributed by atoms with Crippen LogP contribution in [0.25, 0.3) is 0 Å². The maximum Gasteiger partial charge on any atom is 0.243 e. The third-order valence-electron chi connectivity index (χ3n) is 5.84. The van der Waals surface area contributed by atoms with Crippen LogP contribution in [0.3, 0.4) is 0 Å². The van der Waals surface area contributed by atoms with Gasteiger partial charge in [-0.25, -0.2) is 13.8 Å². The Hall–Kier alpha value is -2.91. The van der Waals surface area contributed by atoms with Gasteiger partial charge in [0.25, 0.3) is 0 Å². The predicted molar refractivity (Wildman–Crippen MR) is 152 cm³/mol. The maximum atomic E-state index is 13.4. The normalized spacial score (nSPS) is 16.3. The van der Waals surface area contributed by atoms with E-state index in [2.05, 4.69) is 25.8 Å². The summed E-state index contributed by atoms with van der Waals surface area (Å²) in [5.41, 5.74) is 3.26. The molecular weight excluding hydrogens is 526 g/mol. The maximum absolute atomic E-state index is 13.4. The topological polar surface area (TPSA) is 147 Å². The number of amides is 1. The lowest BCUT2D eigenvalue weighted by atomic mass is 10.1. The van der Waals surface area contributed by atoms with Crippen molar-refractivity contribution in [1.82, 2.24) is 14.6 Å². The standard InChI is InChI=1S/C25H41N7O6S/c1-6-11-27-30-25(26-3)29-23(31(12-16-36-4)13-17-37-5)20(2)24(33)28-21-7-9-22(10-8-21)39(34,35)32-14-18-38-19-15-32/h7-11,20H,6,12-19H2,1-5H3,(H,26,30)(H,28,33)/b27-11-,29-23?. The number of nitrogens with one attached hydrogen (secondary N) is 2. The number of methoxy groups -OCH3 is 2. The third kappa shape index (κ3) is 9.97.